The molecule has 2 aromatic carbocycles. The van der Waals surface area contributed by atoms with E-state index in [-0.39, 0.29) is 74.1 Å². The molecule has 3 aromatic rings. The van der Waals surface area contributed by atoms with Gasteiger partial charge in [-0.1, -0.05) is 57.2 Å². The lowest BCUT2D eigenvalue weighted by molar-refractivity contribution is -0.144. The zero-order valence-corrected chi connectivity index (χ0v) is 36.1. The average Bonchev–Trinajstić information content (AvgIpc) is 3.81. The summed E-state index contributed by atoms with van der Waals surface area (Å²) < 4.78 is 5.93. The maximum atomic E-state index is 14.1. The summed E-state index contributed by atoms with van der Waals surface area (Å²) in [7, 11) is 0. The molecule has 3 heterocycles. The Hall–Kier alpha value is -4.08. The summed E-state index contributed by atoms with van der Waals surface area (Å²) in [5.74, 6) is -0.858. The number of likely N-dealkylation sites (tertiary alicyclic amines) is 1. The molecular formula is C43H62ClN7O6S. The van der Waals surface area contributed by atoms with Gasteiger partial charge in [-0.15, -0.1) is 23.7 Å². The summed E-state index contributed by atoms with van der Waals surface area (Å²) in [5, 5.41) is 16.6. The molecule has 2 fully saturated rings. The molecule has 0 unspecified atom stereocenters. The van der Waals surface area contributed by atoms with Crippen molar-refractivity contribution in [1.29, 1.82) is 0 Å². The molecule has 2 aliphatic heterocycles. The normalized spacial score (nSPS) is 18.9. The van der Waals surface area contributed by atoms with Crippen LogP contribution in [0.1, 0.15) is 89.5 Å². The number of nitrogens with two attached hydrogens (primary N) is 2. The minimum atomic E-state index is -0.856. The Bertz CT molecular complexity index is 1810. The van der Waals surface area contributed by atoms with E-state index in [4.69, 9.17) is 16.2 Å². The lowest BCUT2D eigenvalue weighted by atomic mass is 9.85. The highest BCUT2D eigenvalue weighted by atomic mass is 35.5. The van der Waals surface area contributed by atoms with Crippen LogP contribution in [0, 0.1) is 18.3 Å². The number of nitrogens with one attached hydrogen (secondary N) is 2. The number of anilines is 1. The lowest BCUT2D eigenvalue weighted by Gasteiger charge is -2.36. The number of piperidine rings is 1. The fourth-order valence-corrected chi connectivity index (χ4v) is 8.34. The number of aryl methyl sites for hydroxylation is 1. The summed E-state index contributed by atoms with van der Waals surface area (Å²) in [6, 6.07) is 14.3. The number of thiazole rings is 1. The first kappa shape index (κ1) is 46.6. The number of nitrogens with zero attached hydrogens (tertiary/aromatic N) is 3. The molecule has 0 radical (unpaired) electrons. The fraction of sp³-hybridized carbons (Fsp3) is 0.558. The topological polar surface area (TPSA) is 193 Å². The van der Waals surface area contributed by atoms with E-state index in [9.17, 15) is 24.3 Å². The SMILES string of the molecule is Cc1ncsc1-c1ccc(CNC(=O)[C@@H]2C[C@@H](O)CN2C(=O)[C@@H](NC(=O)CCC2CCN(c3ccc(CO[C@H](C)[C@@H](N)CCC(N)=O)cc3)CC2)C(C)(C)C)cc1.Cl. The highest BCUT2D eigenvalue weighted by Crippen LogP contribution is 2.30. The predicted molar refractivity (Wildman–Crippen MR) is 230 cm³/mol. The third kappa shape index (κ3) is 13.0. The first-order valence-corrected chi connectivity index (χ1v) is 21.0. The molecule has 0 spiro atoms. The van der Waals surface area contributed by atoms with Crippen LogP contribution in [0.2, 0.25) is 0 Å². The molecule has 5 atom stereocenters. The van der Waals surface area contributed by atoms with Crippen molar-refractivity contribution < 1.29 is 29.0 Å². The van der Waals surface area contributed by atoms with Crippen molar-refractivity contribution in [3.05, 3.63) is 70.9 Å². The smallest absolute Gasteiger partial charge is 0.246 e. The summed E-state index contributed by atoms with van der Waals surface area (Å²) in [4.78, 5) is 61.1. The average molecular weight is 841 g/mol. The lowest BCUT2D eigenvalue weighted by Crippen LogP contribution is -2.57. The third-order valence-electron chi connectivity index (χ3n) is 11.2. The van der Waals surface area contributed by atoms with Crippen molar-refractivity contribution in [3.63, 3.8) is 0 Å². The maximum Gasteiger partial charge on any atom is 0.246 e. The fourth-order valence-electron chi connectivity index (χ4n) is 7.53. The Kier molecular flexibility index (Phi) is 17.1. The van der Waals surface area contributed by atoms with Crippen LogP contribution in [-0.2, 0) is 37.1 Å². The number of benzene rings is 2. The van der Waals surface area contributed by atoms with E-state index in [1.807, 2.05) is 64.4 Å². The van der Waals surface area contributed by atoms with Crippen molar-refractivity contribution >= 4 is 53.1 Å². The predicted octanol–water partition coefficient (Wildman–Crippen LogP) is 4.84. The molecule has 0 aliphatic carbocycles. The molecule has 1 aromatic heterocycles. The molecule has 0 bridgehead atoms. The van der Waals surface area contributed by atoms with E-state index >= 15 is 0 Å². The first-order chi connectivity index (χ1) is 27.1. The standard InChI is InChI=1S/C43H61N7O6S.ClH/c1-27-39(57-26-47-27)32-11-6-30(7-12-32)23-46-41(54)36-22-34(51)24-50(36)42(55)40(43(3,4)5)48-38(53)17-10-29-18-20-49(21-19-29)33-13-8-31(9-14-33)25-56-28(2)35(44)15-16-37(45)52;/h6-9,11-14,26,28-29,34-36,40,51H,10,15-25,44H2,1-5H3,(H2,45,52)(H,46,54)(H,48,53);1H/t28-,34-,35+,36+,40-;/m1./s1. The van der Waals surface area contributed by atoms with Gasteiger partial charge in [0.1, 0.15) is 12.1 Å². The van der Waals surface area contributed by atoms with Crippen LogP contribution in [0.15, 0.2) is 54.0 Å². The summed E-state index contributed by atoms with van der Waals surface area (Å²) >= 11 is 1.58. The highest BCUT2D eigenvalue weighted by Gasteiger charge is 2.44. The second-order valence-electron chi connectivity index (χ2n) is 16.8. The number of carbonyl (C=O) groups excluding carboxylic acids is 4. The number of aliphatic hydroxyl groups excluding tert-OH is 1. The van der Waals surface area contributed by atoms with Gasteiger partial charge in [0.25, 0.3) is 0 Å². The number of aromatic nitrogens is 1. The molecule has 318 valence electrons. The van der Waals surface area contributed by atoms with Crippen molar-refractivity contribution in [2.75, 3.05) is 24.5 Å². The number of hydrogen-bond donors (Lipinski definition) is 5. The Morgan fingerprint density at radius 1 is 1.02 bits per heavy atom. The van der Waals surface area contributed by atoms with Crippen molar-refractivity contribution in [2.45, 2.75) is 123 Å². The van der Waals surface area contributed by atoms with Crippen molar-refractivity contribution in [1.82, 2.24) is 20.5 Å². The number of β-amino-alcohol motifs (C(OH)–C–C–N with tert-alkyl or cyclic N) is 1. The van der Waals surface area contributed by atoms with Crippen LogP contribution in [-0.4, -0.2) is 88.6 Å². The van der Waals surface area contributed by atoms with Gasteiger partial charge in [-0.2, -0.15) is 0 Å². The Morgan fingerprint density at radius 3 is 2.28 bits per heavy atom. The number of aliphatic hydroxyl groups is 1. The van der Waals surface area contributed by atoms with Gasteiger partial charge in [0.2, 0.25) is 23.6 Å². The zero-order chi connectivity index (χ0) is 41.3. The van der Waals surface area contributed by atoms with Crippen molar-refractivity contribution in [2.24, 2.45) is 22.8 Å². The third-order valence-corrected chi connectivity index (χ3v) is 12.2. The zero-order valence-electron chi connectivity index (χ0n) is 34.4. The summed E-state index contributed by atoms with van der Waals surface area (Å²) in [6.45, 7) is 12.1. The van der Waals surface area contributed by atoms with Crippen LogP contribution >= 0.6 is 23.7 Å². The largest absolute Gasteiger partial charge is 0.391 e. The molecule has 13 nitrogen and oxygen atoms in total. The molecule has 58 heavy (non-hydrogen) atoms. The minimum absolute atomic E-state index is 0. The van der Waals surface area contributed by atoms with Crippen LogP contribution in [0.5, 0.6) is 0 Å². The quantitative estimate of drug-likeness (QED) is 0.127. The Balaban J connectivity index is 0.00000744. The van der Waals surface area contributed by atoms with E-state index in [0.29, 0.717) is 25.4 Å². The van der Waals surface area contributed by atoms with Gasteiger partial charge in [-0.05, 0) is 79.7 Å². The summed E-state index contributed by atoms with van der Waals surface area (Å²) in [6.07, 6.45) is 2.78. The van der Waals surface area contributed by atoms with Crippen LogP contribution in [0.25, 0.3) is 10.4 Å². The van der Waals surface area contributed by atoms with Gasteiger partial charge in [0.05, 0.1) is 34.9 Å². The number of amides is 4. The van der Waals surface area contributed by atoms with Crippen LogP contribution in [0.4, 0.5) is 5.69 Å². The van der Waals surface area contributed by atoms with Gasteiger partial charge < -0.3 is 41.7 Å². The van der Waals surface area contributed by atoms with Gasteiger partial charge in [-0.25, -0.2) is 4.98 Å². The molecule has 4 amide bonds. The highest BCUT2D eigenvalue weighted by molar-refractivity contribution is 7.13. The van der Waals surface area contributed by atoms with Gasteiger partial charge in [0.15, 0.2) is 0 Å². The second kappa shape index (κ2) is 21.3. The second-order valence-corrected chi connectivity index (χ2v) is 17.6. The molecular weight excluding hydrogens is 778 g/mol. The van der Waals surface area contributed by atoms with Gasteiger partial charge in [0, 0.05) is 57.2 Å². The van der Waals surface area contributed by atoms with Gasteiger partial charge >= 0.3 is 0 Å². The van der Waals surface area contributed by atoms with E-state index in [1.54, 1.807) is 11.3 Å². The van der Waals surface area contributed by atoms with E-state index in [2.05, 4.69) is 44.8 Å². The number of hydrogen-bond acceptors (Lipinski definition) is 10. The van der Waals surface area contributed by atoms with E-state index < -0.39 is 23.6 Å². The number of ether oxygens (including phenoxy) is 1. The molecule has 7 N–H and O–H groups in total. The Labute approximate surface area is 353 Å². The summed E-state index contributed by atoms with van der Waals surface area (Å²) in [5.41, 5.74) is 17.7. The number of rotatable bonds is 17. The molecule has 0 saturated carbocycles. The number of carbonyl (C=O) groups is 4. The van der Waals surface area contributed by atoms with Gasteiger partial charge in [-0.3, -0.25) is 19.2 Å². The van der Waals surface area contributed by atoms with E-state index in [1.165, 1.54) is 4.90 Å². The van der Waals surface area contributed by atoms with Crippen LogP contribution in [0.3, 0.4) is 0 Å². The van der Waals surface area contributed by atoms with Crippen LogP contribution < -0.4 is 27.0 Å². The first-order valence-electron chi connectivity index (χ1n) is 20.1. The molecule has 2 saturated heterocycles. The van der Waals surface area contributed by atoms with E-state index in [0.717, 1.165) is 65.3 Å². The monoisotopic (exact) mass is 839 g/mol. The molecule has 5 rings (SSSR count). The molecule has 15 heteroatoms. The minimum Gasteiger partial charge on any atom is -0.391 e. The molecule has 2 aliphatic rings. The Morgan fingerprint density at radius 2 is 1.67 bits per heavy atom. The van der Waals surface area contributed by atoms with Crippen molar-refractivity contribution in [3.8, 4) is 10.4 Å². The maximum absolute atomic E-state index is 14.1. The number of primary amides is 1. The number of halogens is 1.